The van der Waals surface area contributed by atoms with Crippen molar-refractivity contribution in [2.45, 2.75) is 24.5 Å². The van der Waals surface area contributed by atoms with Gasteiger partial charge in [0.1, 0.15) is 16.9 Å². The topological polar surface area (TPSA) is 71.1 Å². The predicted octanol–water partition coefficient (Wildman–Crippen LogP) is 2.33. The minimum atomic E-state index is -0.176. The summed E-state index contributed by atoms with van der Waals surface area (Å²) in [6, 6.07) is 5.44. The predicted molar refractivity (Wildman–Crippen MR) is 103 cm³/mol. The summed E-state index contributed by atoms with van der Waals surface area (Å²) in [6.07, 6.45) is 0. The molecule has 0 aliphatic carbocycles. The standard InChI is InChI=1S/C18H27N3O4S/c1-6-19-18(23)20(3)9-10-21-16(22)12(2)26-17(21)14-11-13(24-4)7-8-15(14)25-5/h7-8,11-12,17H,6,9-10H2,1-5H3,(H,19,23)/t12-,17+/m0/s1. The van der Waals surface area contributed by atoms with Crippen LogP contribution >= 0.6 is 11.8 Å². The summed E-state index contributed by atoms with van der Waals surface area (Å²) in [5, 5.41) is 2.44. The van der Waals surface area contributed by atoms with Crippen molar-refractivity contribution in [2.75, 3.05) is 40.9 Å². The van der Waals surface area contributed by atoms with Crippen molar-refractivity contribution in [3.8, 4) is 11.5 Å². The Bertz CT molecular complexity index is 655. The molecule has 1 aromatic carbocycles. The van der Waals surface area contributed by atoms with Crippen LogP contribution in [0.2, 0.25) is 0 Å². The molecule has 0 saturated carbocycles. The first kappa shape index (κ1) is 20.2. The van der Waals surface area contributed by atoms with Gasteiger partial charge in [0.25, 0.3) is 0 Å². The molecule has 1 heterocycles. The number of nitrogens with zero attached hydrogens (tertiary/aromatic N) is 2. The first-order valence-electron chi connectivity index (χ1n) is 8.59. The third-order valence-corrected chi connectivity index (χ3v) is 5.68. The van der Waals surface area contributed by atoms with E-state index in [0.29, 0.717) is 31.1 Å². The minimum Gasteiger partial charge on any atom is -0.497 e. The van der Waals surface area contributed by atoms with Gasteiger partial charge in [0.15, 0.2) is 0 Å². The summed E-state index contributed by atoms with van der Waals surface area (Å²) in [5.74, 6) is 1.49. The molecule has 7 nitrogen and oxygen atoms in total. The van der Waals surface area contributed by atoms with Crippen LogP contribution in [0.4, 0.5) is 4.79 Å². The number of amides is 3. The first-order valence-corrected chi connectivity index (χ1v) is 9.54. The number of hydrogen-bond acceptors (Lipinski definition) is 5. The number of hydrogen-bond donors (Lipinski definition) is 1. The van der Waals surface area contributed by atoms with Gasteiger partial charge in [-0.25, -0.2) is 4.79 Å². The van der Waals surface area contributed by atoms with Gasteiger partial charge in [-0.15, -0.1) is 11.8 Å². The summed E-state index contributed by atoms with van der Waals surface area (Å²) in [6.45, 7) is 5.25. The Hall–Kier alpha value is -2.09. The Morgan fingerprint density at radius 3 is 2.69 bits per heavy atom. The van der Waals surface area contributed by atoms with Crippen molar-refractivity contribution in [1.29, 1.82) is 0 Å². The molecule has 0 unspecified atom stereocenters. The van der Waals surface area contributed by atoms with Crippen LogP contribution in [0, 0.1) is 0 Å². The van der Waals surface area contributed by atoms with Gasteiger partial charge in [0.05, 0.1) is 19.5 Å². The Balaban J connectivity index is 2.21. The first-order chi connectivity index (χ1) is 12.4. The highest BCUT2D eigenvalue weighted by Crippen LogP contribution is 2.46. The Morgan fingerprint density at radius 2 is 2.08 bits per heavy atom. The lowest BCUT2D eigenvalue weighted by atomic mass is 10.1. The molecule has 26 heavy (non-hydrogen) atoms. The van der Waals surface area contributed by atoms with E-state index >= 15 is 0 Å². The summed E-state index contributed by atoms with van der Waals surface area (Å²) < 4.78 is 10.8. The maximum absolute atomic E-state index is 12.7. The van der Waals surface area contributed by atoms with Gasteiger partial charge in [0.2, 0.25) is 5.91 Å². The molecule has 3 amide bonds. The molecule has 1 N–H and O–H groups in total. The molecule has 0 radical (unpaired) electrons. The van der Waals surface area contributed by atoms with Crippen LogP contribution in [0.15, 0.2) is 18.2 Å². The van der Waals surface area contributed by atoms with E-state index in [1.807, 2.05) is 36.9 Å². The van der Waals surface area contributed by atoms with E-state index in [-0.39, 0.29) is 22.6 Å². The molecular weight excluding hydrogens is 354 g/mol. The summed E-state index contributed by atoms with van der Waals surface area (Å²) in [4.78, 5) is 28.0. The smallest absolute Gasteiger partial charge is 0.317 e. The van der Waals surface area contributed by atoms with E-state index in [4.69, 9.17) is 9.47 Å². The normalized spacial score (nSPS) is 19.4. The fourth-order valence-corrected chi connectivity index (χ4v) is 4.15. The second-order valence-corrected chi connectivity index (χ2v) is 7.45. The van der Waals surface area contributed by atoms with Crippen molar-refractivity contribution in [3.63, 3.8) is 0 Å². The van der Waals surface area contributed by atoms with E-state index in [9.17, 15) is 9.59 Å². The Labute approximate surface area is 159 Å². The van der Waals surface area contributed by atoms with Crippen LogP contribution in [0.3, 0.4) is 0 Å². The Kier molecular flexibility index (Phi) is 7.02. The van der Waals surface area contributed by atoms with Crippen molar-refractivity contribution < 1.29 is 19.1 Å². The van der Waals surface area contributed by atoms with Crippen LogP contribution in [-0.2, 0) is 4.79 Å². The second kappa shape index (κ2) is 9.02. The minimum absolute atomic E-state index is 0.0640. The van der Waals surface area contributed by atoms with Gasteiger partial charge in [0, 0.05) is 32.2 Å². The zero-order chi connectivity index (χ0) is 19.3. The lowest BCUT2D eigenvalue weighted by Crippen LogP contribution is -2.42. The van der Waals surface area contributed by atoms with Gasteiger partial charge in [-0.3, -0.25) is 4.79 Å². The van der Waals surface area contributed by atoms with Crippen LogP contribution in [0.1, 0.15) is 24.8 Å². The maximum atomic E-state index is 12.7. The number of rotatable bonds is 7. The van der Waals surface area contributed by atoms with E-state index < -0.39 is 0 Å². The molecule has 0 aromatic heterocycles. The van der Waals surface area contributed by atoms with Crippen LogP contribution < -0.4 is 14.8 Å². The number of benzene rings is 1. The summed E-state index contributed by atoms with van der Waals surface area (Å²) in [5.41, 5.74) is 0.898. The molecule has 1 fully saturated rings. The van der Waals surface area contributed by atoms with E-state index in [1.54, 1.807) is 37.9 Å². The number of methoxy groups -OCH3 is 2. The largest absolute Gasteiger partial charge is 0.497 e. The molecule has 2 atom stereocenters. The number of thioether (sulfide) groups is 1. The number of carbonyl (C=O) groups excluding carboxylic acids is 2. The number of likely N-dealkylation sites (N-methyl/N-ethyl adjacent to an activating group) is 1. The summed E-state index contributed by atoms with van der Waals surface area (Å²) in [7, 11) is 4.95. The highest BCUT2D eigenvalue weighted by Gasteiger charge is 2.39. The number of nitrogens with one attached hydrogen (secondary N) is 1. The average molecular weight is 381 g/mol. The van der Waals surface area contributed by atoms with Gasteiger partial charge in [-0.2, -0.15) is 0 Å². The molecule has 144 valence electrons. The molecule has 1 aliphatic rings. The third kappa shape index (κ3) is 4.35. The van der Waals surface area contributed by atoms with Crippen LogP contribution in [-0.4, -0.2) is 67.9 Å². The lowest BCUT2D eigenvalue weighted by Gasteiger charge is -2.28. The quantitative estimate of drug-likeness (QED) is 0.785. The van der Waals surface area contributed by atoms with E-state index in [1.165, 1.54) is 0 Å². The van der Waals surface area contributed by atoms with Crippen molar-refractivity contribution in [2.24, 2.45) is 0 Å². The van der Waals surface area contributed by atoms with Crippen molar-refractivity contribution >= 4 is 23.7 Å². The SMILES string of the molecule is CCNC(=O)N(C)CCN1C(=O)[C@H](C)S[C@@H]1c1cc(OC)ccc1OC. The fourth-order valence-electron chi connectivity index (χ4n) is 2.82. The molecule has 8 heteroatoms. The van der Waals surface area contributed by atoms with Crippen LogP contribution in [0.5, 0.6) is 11.5 Å². The number of ether oxygens (including phenoxy) is 2. The zero-order valence-corrected chi connectivity index (χ0v) is 16.8. The number of urea groups is 1. The van der Waals surface area contributed by atoms with Crippen molar-refractivity contribution in [1.82, 2.24) is 15.1 Å². The molecule has 2 rings (SSSR count). The second-order valence-electron chi connectivity index (χ2n) is 6.03. The summed E-state index contributed by atoms with van der Waals surface area (Å²) >= 11 is 1.58. The molecular formula is C18H27N3O4S. The van der Waals surface area contributed by atoms with Crippen LogP contribution in [0.25, 0.3) is 0 Å². The fraction of sp³-hybridized carbons (Fsp3) is 0.556. The number of carbonyl (C=O) groups is 2. The molecule has 0 bridgehead atoms. The zero-order valence-electron chi connectivity index (χ0n) is 15.9. The molecule has 0 spiro atoms. The monoisotopic (exact) mass is 381 g/mol. The highest BCUT2D eigenvalue weighted by molar-refractivity contribution is 8.01. The van der Waals surface area contributed by atoms with Gasteiger partial charge in [-0.1, -0.05) is 0 Å². The van der Waals surface area contributed by atoms with Gasteiger partial charge < -0.3 is 24.6 Å². The lowest BCUT2D eigenvalue weighted by molar-refractivity contribution is -0.129. The van der Waals surface area contributed by atoms with Gasteiger partial charge >= 0.3 is 6.03 Å². The van der Waals surface area contributed by atoms with E-state index in [0.717, 1.165) is 5.56 Å². The molecule has 1 saturated heterocycles. The molecule has 1 aromatic rings. The average Bonchev–Trinajstić information content (AvgIpc) is 2.93. The van der Waals surface area contributed by atoms with Crippen molar-refractivity contribution in [3.05, 3.63) is 23.8 Å². The van der Waals surface area contributed by atoms with E-state index in [2.05, 4.69) is 5.32 Å². The van der Waals surface area contributed by atoms with Gasteiger partial charge in [-0.05, 0) is 32.0 Å². The third-order valence-electron chi connectivity index (χ3n) is 4.30. The Morgan fingerprint density at radius 1 is 1.35 bits per heavy atom. The highest BCUT2D eigenvalue weighted by atomic mass is 32.2. The molecule has 1 aliphatic heterocycles. The maximum Gasteiger partial charge on any atom is 0.317 e.